The number of aryl methyl sites for hydroxylation is 1. The molecule has 0 spiro atoms. The lowest BCUT2D eigenvalue weighted by Crippen LogP contribution is -2.22. The van der Waals surface area contributed by atoms with Crippen LogP contribution in [-0.4, -0.2) is 5.91 Å². The van der Waals surface area contributed by atoms with Crippen LogP contribution in [0.1, 0.15) is 23.3 Å². The fraction of sp³-hybridized carbons (Fsp3) is 0.267. The second kappa shape index (κ2) is 6.75. The highest BCUT2D eigenvalue weighted by atomic mass is 16.3. The molecule has 1 aromatic carbocycles. The Kier molecular flexibility index (Phi) is 4.75. The average molecular weight is 258 g/mol. The van der Waals surface area contributed by atoms with Gasteiger partial charge in [0.05, 0.1) is 6.26 Å². The third-order valence-electron chi connectivity index (χ3n) is 2.93. The number of amides is 1. The normalized spacial score (nSPS) is 10.4. The van der Waals surface area contributed by atoms with Crippen LogP contribution in [0, 0.1) is 0 Å². The number of hydrogen-bond donors (Lipinski definition) is 2. The molecule has 19 heavy (non-hydrogen) atoms. The van der Waals surface area contributed by atoms with Gasteiger partial charge in [0, 0.05) is 25.9 Å². The lowest BCUT2D eigenvalue weighted by molar-refractivity contribution is -0.121. The van der Waals surface area contributed by atoms with E-state index in [0.29, 0.717) is 25.9 Å². The topological polar surface area (TPSA) is 68.3 Å². The SMILES string of the molecule is NCc1ccc(CNC(=O)CCc2ccco2)cc1. The van der Waals surface area contributed by atoms with Crippen molar-refractivity contribution < 1.29 is 9.21 Å². The molecule has 2 aromatic rings. The van der Waals surface area contributed by atoms with E-state index in [1.807, 2.05) is 36.4 Å². The van der Waals surface area contributed by atoms with Crippen molar-refractivity contribution in [2.75, 3.05) is 0 Å². The largest absolute Gasteiger partial charge is 0.469 e. The molecule has 0 bridgehead atoms. The Morgan fingerprint density at radius 3 is 2.53 bits per heavy atom. The van der Waals surface area contributed by atoms with Gasteiger partial charge < -0.3 is 15.5 Å². The van der Waals surface area contributed by atoms with Gasteiger partial charge in [-0.15, -0.1) is 0 Å². The van der Waals surface area contributed by atoms with E-state index in [2.05, 4.69) is 5.32 Å². The molecular weight excluding hydrogens is 240 g/mol. The van der Waals surface area contributed by atoms with E-state index in [1.54, 1.807) is 6.26 Å². The summed E-state index contributed by atoms with van der Waals surface area (Å²) in [6.45, 7) is 1.08. The van der Waals surface area contributed by atoms with Crippen LogP contribution >= 0.6 is 0 Å². The first-order valence-corrected chi connectivity index (χ1v) is 6.35. The fourth-order valence-corrected chi connectivity index (χ4v) is 1.77. The van der Waals surface area contributed by atoms with E-state index in [9.17, 15) is 4.79 Å². The number of carbonyl (C=O) groups excluding carboxylic acids is 1. The molecule has 4 heteroatoms. The molecule has 4 nitrogen and oxygen atoms in total. The van der Waals surface area contributed by atoms with Gasteiger partial charge in [-0.3, -0.25) is 4.79 Å². The highest BCUT2D eigenvalue weighted by Crippen LogP contribution is 2.05. The minimum Gasteiger partial charge on any atom is -0.469 e. The van der Waals surface area contributed by atoms with E-state index in [4.69, 9.17) is 10.2 Å². The van der Waals surface area contributed by atoms with E-state index in [-0.39, 0.29) is 5.91 Å². The number of nitrogens with one attached hydrogen (secondary N) is 1. The van der Waals surface area contributed by atoms with Crippen LogP contribution in [0.4, 0.5) is 0 Å². The monoisotopic (exact) mass is 258 g/mol. The average Bonchev–Trinajstić information content (AvgIpc) is 2.96. The van der Waals surface area contributed by atoms with E-state index in [1.165, 1.54) is 0 Å². The molecular formula is C15H18N2O2. The van der Waals surface area contributed by atoms with E-state index >= 15 is 0 Å². The molecule has 0 saturated carbocycles. The van der Waals surface area contributed by atoms with Gasteiger partial charge in [-0.05, 0) is 23.3 Å². The highest BCUT2D eigenvalue weighted by Gasteiger charge is 2.03. The summed E-state index contributed by atoms with van der Waals surface area (Å²) in [4.78, 5) is 11.7. The molecule has 0 fully saturated rings. The van der Waals surface area contributed by atoms with Gasteiger partial charge in [-0.1, -0.05) is 24.3 Å². The van der Waals surface area contributed by atoms with Crippen LogP contribution < -0.4 is 11.1 Å². The Morgan fingerprint density at radius 2 is 1.89 bits per heavy atom. The molecule has 0 unspecified atom stereocenters. The number of nitrogens with two attached hydrogens (primary N) is 1. The molecule has 0 atom stereocenters. The summed E-state index contributed by atoms with van der Waals surface area (Å²) in [6.07, 6.45) is 2.69. The Labute approximate surface area is 112 Å². The summed E-state index contributed by atoms with van der Waals surface area (Å²) in [5.74, 6) is 0.863. The molecule has 0 saturated heterocycles. The van der Waals surface area contributed by atoms with Gasteiger partial charge in [0.15, 0.2) is 0 Å². The lowest BCUT2D eigenvalue weighted by Gasteiger charge is -2.05. The second-order valence-corrected chi connectivity index (χ2v) is 4.38. The van der Waals surface area contributed by atoms with Gasteiger partial charge in [0.2, 0.25) is 5.91 Å². The molecule has 1 heterocycles. The van der Waals surface area contributed by atoms with Crippen molar-refractivity contribution in [2.24, 2.45) is 5.73 Å². The third kappa shape index (κ3) is 4.26. The summed E-state index contributed by atoms with van der Waals surface area (Å²) >= 11 is 0. The van der Waals surface area contributed by atoms with Crippen molar-refractivity contribution in [1.82, 2.24) is 5.32 Å². The predicted octanol–water partition coefficient (Wildman–Crippen LogP) is 1.99. The molecule has 1 aromatic heterocycles. The molecule has 0 aliphatic carbocycles. The smallest absolute Gasteiger partial charge is 0.220 e. The van der Waals surface area contributed by atoms with Crippen molar-refractivity contribution in [3.8, 4) is 0 Å². The Hall–Kier alpha value is -2.07. The van der Waals surface area contributed by atoms with Crippen LogP contribution in [0.2, 0.25) is 0 Å². The quantitative estimate of drug-likeness (QED) is 0.832. The van der Waals surface area contributed by atoms with Gasteiger partial charge >= 0.3 is 0 Å². The fourth-order valence-electron chi connectivity index (χ4n) is 1.77. The summed E-state index contributed by atoms with van der Waals surface area (Å²) in [5.41, 5.74) is 7.69. The van der Waals surface area contributed by atoms with Crippen molar-refractivity contribution in [1.29, 1.82) is 0 Å². The molecule has 3 N–H and O–H groups in total. The minimum atomic E-state index is 0.0271. The number of furan rings is 1. The van der Waals surface area contributed by atoms with Crippen LogP contribution in [0.15, 0.2) is 47.1 Å². The molecule has 2 rings (SSSR count). The third-order valence-corrected chi connectivity index (χ3v) is 2.93. The standard InChI is InChI=1S/C15H18N2O2/c16-10-12-3-5-13(6-4-12)11-17-15(18)8-7-14-2-1-9-19-14/h1-6,9H,7-8,10-11,16H2,(H,17,18). The Bertz CT molecular complexity index is 503. The maximum atomic E-state index is 11.7. The maximum Gasteiger partial charge on any atom is 0.220 e. The maximum absolute atomic E-state index is 11.7. The first-order valence-electron chi connectivity index (χ1n) is 6.35. The summed E-state index contributed by atoms with van der Waals surface area (Å²) < 4.78 is 5.18. The molecule has 0 radical (unpaired) electrons. The lowest BCUT2D eigenvalue weighted by atomic mass is 10.1. The Balaban J connectivity index is 1.73. The van der Waals surface area contributed by atoms with Crippen LogP contribution in [0.25, 0.3) is 0 Å². The molecule has 1 amide bonds. The van der Waals surface area contributed by atoms with Crippen molar-refractivity contribution in [3.05, 3.63) is 59.5 Å². The van der Waals surface area contributed by atoms with Crippen molar-refractivity contribution >= 4 is 5.91 Å². The van der Waals surface area contributed by atoms with Gasteiger partial charge in [-0.25, -0.2) is 0 Å². The number of hydrogen-bond acceptors (Lipinski definition) is 3. The van der Waals surface area contributed by atoms with Crippen molar-refractivity contribution in [2.45, 2.75) is 25.9 Å². The number of benzene rings is 1. The van der Waals surface area contributed by atoms with Gasteiger partial charge in [0.1, 0.15) is 5.76 Å². The van der Waals surface area contributed by atoms with Gasteiger partial charge in [0.25, 0.3) is 0 Å². The first kappa shape index (κ1) is 13.4. The summed E-state index contributed by atoms with van der Waals surface area (Å²) in [7, 11) is 0. The Morgan fingerprint density at radius 1 is 1.16 bits per heavy atom. The molecule has 0 aliphatic rings. The first-order chi connectivity index (χ1) is 9.28. The highest BCUT2D eigenvalue weighted by molar-refractivity contribution is 5.76. The van der Waals surface area contributed by atoms with Crippen LogP contribution in [0.5, 0.6) is 0 Å². The van der Waals surface area contributed by atoms with E-state index in [0.717, 1.165) is 16.9 Å². The van der Waals surface area contributed by atoms with Gasteiger partial charge in [-0.2, -0.15) is 0 Å². The molecule has 0 aliphatic heterocycles. The number of rotatable bonds is 6. The zero-order valence-corrected chi connectivity index (χ0v) is 10.8. The predicted molar refractivity (Wildman–Crippen MR) is 73.2 cm³/mol. The van der Waals surface area contributed by atoms with Crippen LogP contribution in [0.3, 0.4) is 0 Å². The van der Waals surface area contributed by atoms with Crippen molar-refractivity contribution in [3.63, 3.8) is 0 Å². The second-order valence-electron chi connectivity index (χ2n) is 4.38. The molecule has 100 valence electrons. The summed E-state index contributed by atoms with van der Waals surface area (Å²) in [6, 6.07) is 11.6. The summed E-state index contributed by atoms with van der Waals surface area (Å²) in [5, 5.41) is 2.89. The zero-order chi connectivity index (χ0) is 13.5. The zero-order valence-electron chi connectivity index (χ0n) is 10.8. The number of carbonyl (C=O) groups is 1. The van der Waals surface area contributed by atoms with Crippen LogP contribution in [-0.2, 0) is 24.3 Å². The van der Waals surface area contributed by atoms with E-state index < -0.39 is 0 Å². The minimum absolute atomic E-state index is 0.0271.